The molecule has 0 saturated carbocycles. The topological polar surface area (TPSA) is 81.5 Å². The molecule has 0 radical (unpaired) electrons. The smallest absolute Gasteiger partial charge is 0.252 e. The van der Waals surface area contributed by atoms with Gasteiger partial charge >= 0.3 is 0 Å². The number of amides is 1. The Morgan fingerprint density at radius 1 is 1.43 bits per heavy atom. The molecule has 0 aromatic carbocycles. The SMILES string of the molecule is CCn1cc([C@@H]2CS(=O)(=O)CCN2C(=O)[C@H]2CC[C@@H](C)O2)cn1. The average Bonchev–Trinajstić information content (AvgIpc) is 3.14. The fraction of sp³-hybridized carbons (Fsp3) is 0.733. The standard InChI is InChI=1S/C15H23N3O4S/c1-3-17-9-12(8-16-17)13-10-23(20,21)7-6-18(13)15(19)14-5-4-11(2)22-14/h8-9,11,13-14H,3-7,10H2,1-2H3/t11-,13+,14-/m1/s1. The van der Waals surface area contributed by atoms with Crippen LogP contribution in [0.15, 0.2) is 12.4 Å². The molecule has 1 aromatic rings. The number of ether oxygens (including phenoxy) is 1. The molecule has 7 nitrogen and oxygen atoms in total. The van der Waals surface area contributed by atoms with E-state index >= 15 is 0 Å². The maximum absolute atomic E-state index is 12.8. The van der Waals surface area contributed by atoms with Crippen molar-refractivity contribution >= 4 is 15.7 Å². The Hall–Kier alpha value is -1.41. The molecule has 0 bridgehead atoms. The van der Waals surface area contributed by atoms with Crippen LogP contribution in [0.3, 0.4) is 0 Å². The average molecular weight is 341 g/mol. The van der Waals surface area contributed by atoms with Crippen molar-refractivity contribution in [1.82, 2.24) is 14.7 Å². The summed E-state index contributed by atoms with van der Waals surface area (Å²) in [5.41, 5.74) is 0.773. The second-order valence-corrected chi connectivity index (χ2v) is 8.53. The zero-order chi connectivity index (χ0) is 16.6. The van der Waals surface area contributed by atoms with Crippen molar-refractivity contribution in [3.8, 4) is 0 Å². The van der Waals surface area contributed by atoms with Crippen LogP contribution in [0.1, 0.15) is 38.3 Å². The van der Waals surface area contributed by atoms with Gasteiger partial charge in [0.15, 0.2) is 9.84 Å². The van der Waals surface area contributed by atoms with Gasteiger partial charge in [-0.15, -0.1) is 0 Å². The molecule has 2 aliphatic heterocycles. The first-order valence-corrected chi connectivity index (χ1v) is 9.90. The summed E-state index contributed by atoms with van der Waals surface area (Å²) in [7, 11) is -3.15. The number of aromatic nitrogens is 2. The molecule has 3 rings (SSSR count). The van der Waals surface area contributed by atoms with Gasteiger partial charge in [0.05, 0.1) is 29.8 Å². The van der Waals surface area contributed by atoms with Crippen LogP contribution in [0.25, 0.3) is 0 Å². The van der Waals surface area contributed by atoms with Gasteiger partial charge in [-0.1, -0.05) is 0 Å². The minimum absolute atomic E-state index is 0.0133. The number of hydrogen-bond acceptors (Lipinski definition) is 5. The van der Waals surface area contributed by atoms with Gasteiger partial charge in [-0.3, -0.25) is 9.48 Å². The van der Waals surface area contributed by atoms with Crippen LogP contribution in [-0.4, -0.2) is 59.3 Å². The number of carbonyl (C=O) groups is 1. The second-order valence-electron chi connectivity index (χ2n) is 6.30. The number of sulfone groups is 1. The first-order chi connectivity index (χ1) is 10.9. The summed E-state index contributed by atoms with van der Waals surface area (Å²) in [6, 6.07) is -0.471. The molecule has 0 spiro atoms. The number of rotatable bonds is 3. The van der Waals surface area contributed by atoms with E-state index in [0.29, 0.717) is 13.0 Å². The molecule has 23 heavy (non-hydrogen) atoms. The number of carbonyl (C=O) groups excluding carboxylic acids is 1. The first-order valence-electron chi connectivity index (χ1n) is 8.08. The lowest BCUT2D eigenvalue weighted by atomic mass is 10.1. The van der Waals surface area contributed by atoms with E-state index in [1.807, 2.05) is 20.0 Å². The van der Waals surface area contributed by atoms with Crippen molar-refractivity contribution < 1.29 is 17.9 Å². The summed E-state index contributed by atoms with van der Waals surface area (Å²) in [4.78, 5) is 14.5. The fourth-order valence-corrected chi connectivity index (χ4v) is 4.74. The number of aryl methyl sites for hydroxylation is 1. The molecule has 3 heterocycles. The summed E-state index contributed by atoms with van der Waals surface area (Å²) in [6.45, 7) is 4.84. The van der Waals surface area contributed by atoms with Crippen LogP contribution in [-0.2, 0) is 25.9 Å². The highest BCUT2D eigenvalue weighted by atomic mass is 32.2. The third-order valence-electron chi connectivity index (χ3n) is 4.58. The Morgan fingerprint density at radius 3 is 2.83 bits per heavy atom. The van der Waals surface area contributed by atoms with E-state index < -0.39 is 22.0 Å². The van der Waals surface area contributed by atoms with Gasteiger partial charge in [-0.05, 0) is 26.7 Å². The highest BCUT2D eigenvalue weighted by Gasteiger charge is 2.40. The van der Waals surface area contributed by atoms with Gasteiger partial charge in [0.1, 0.15) is 6.10 Å². The molecule has 128 valence electrons. The van der Waals surface area contributed by atoms with Crippen molar-refractivity contribution in [2.75, 3.05) is 18.1 Å². The predicted molar refractivity (Wildman–Crippen MR) is 84.6 cm³/mol. The van der Waals surface area contributed by atoms with Crippen molar-refractivity contribution in [2.24, 2.45) is 0 Å². The minimum Gasteiger partial charge on any atom is -0.365 e. The molecular weight excluding hydrogens is 318 g/mol. The molecule has 0 N–H and O–H groups in total. The predicted octanol–water partition coefficient (Wildman–Crippen LogP) is 0.769. The van der Waals surface area contributed by atoms with Crippen molar-refractivity contribution in [3.63, 3.8) is 0 Å². The minimum atomic E-state index is -3.15. The largest absolute Gasteiger partial charge is 0.365 e. The van der Waals surface area contributed by atoms with E-state index in [4.69, 9.17) is 4.74 Å². The van der Waals surface area contributed by atoms with E-state index in [2.05, 4.69) is 5.10 Å². The van der Waals surface area contributed by atoms with Crippen LogP contribution in [0.2, 0.25) is 0 Å². The van der Waals surface area contributed by atoms with Gasteiger partial charge in [0.25, 0.3) is 5.91 Å². The maximum atomic E-state index is 12.8. The normalized spacial score (nSPS) is 30.5. The number of nitrogens with zero attached hydrogens (tertiary/aromatic N) is 3. The summed E-state index contributed by atoms with van der Waals surface area (Å²) in [6.07, 6.45) is 4.68. The molecule has 3 atom stereocenters. The van der Waals surface area contributed by atoms with Crippen molar-refractivity contribution in [1.29, 1.82) is 0 Å². The first kappa shape index (κ1) is 16.4. The van der Waals surface area contributed by atoms with E-state index in [-0.39, 0.29) is 30.1 Å². The summed E-state index contributed by atoms with van der Waals surface area (Å²) >= 11 is 0. The fourth-order valence-electron chi connectivity index (χ4n) is 3.24. The van der Waals surface area contributed by atoms with Crippen molar-refractivity contribution in [3.05, 3.63) is 18.0 Å². The van der Waals surface area contributed by atoms with Crippen molar-refractivity contribution in [2.45, 2.75) is 51.5 Å². The lowest BCUT2D eigenvalue weighted by molar-refractivity contribution is -0.144. The van der Waals surface area contributed by atoms with Gasteiger partial charge in [0, 0.05) is 24.8 Å². The van der Waals surface area contributed by atoms with Gasteiger partial charge in [-0.25, -0.2) is 8.42 Å². The van der Waals surface area contributed by atoms with E-state index in [1.54, 1.807) is 15.8 Å². The Morgan fingerprint density at radius 2 is 2.22 bits per heavy atom. The van der Waals surface area contributed by atoms with E-state index in [9.17, 15) is 13.2 Å². The lowest BCUT2D eigenvalue weighted by Crippen LogP contribution is -2.49. The van der Waals surface area contributed by atoms with E-state index in [0.717, 1.165) is 12.0 Å². The molecule has 8 heteroatoms. The molecule has 2 fully saturated rings. The summed E-state index contributed by atoms with van der Waals surface area (Å²) in [5.74, 6) is -0.131. The third-order valence-corrected chi connectivity index (χ3v) is 6.21. The zero-order valence-electron chi connectivity index (χ0n) is 13.5. The van der Waals surface area contributed by atoms with Gasteiger partial charge in [0.2, 0.25) is 0 Å². The quantitative estimate of drug-likeness (QED) is 0.811. The molecule has 0 unspecified atom stereocenters. The van der Waals surface area contributed by atoms with Crippen LogP contribution in [0.5, 0.6) is 0 Å². The lowest BCUT2D eigenvalue weighted by Gasteiger charge is -2.36. The Bertz CT molecular complexity index is 685. The van der Waals surface area contributed by atoms with Crippen LogP contribution in [0, 0.1) is 0 Å². The Kier molecular flexibility index (Phi) is 4.46. The van der Waals surface area contributed by atoms with Gasteiger partial charge in [-0.2, -0.15) is 5.10 Å². The molecule has 2 aliphatic rings. The maximum Gasteiger partial charge on any atom is 0.252 e. The number of hydrogen-bond donors (Lipinski definition) is 0. The Balaban J connectivity index is 1.85. The monoisotopic (exact) mass is 341 g/mol. The molecule has 1 amide bonds. The molecule has 0 aliphatic carbocycles. The van der Waals surface area contributed by atoms with Gasteiger partial charge < -0.3 is 9.64 Å². The highest BCUT2D eigenvalue weighted by molar-refractivity contribution is 7.91. The molecule has 2 saturated heterocycles. The molecule has 1 aromatic heterocycles. The second kappa shape index (κ2) is 6.24. The van der Waals surface area contributed by atoms with E-state index in [1.165, 1.54) is 0 Å². The summed E-state index contributed by atoms with van der Waals surface area (Å²) < 4.78 is 31.5. The van der Waals surface area contributed by atoms with Crippen LogP contribution >= 0.6 is 0 Å². The molecular formula is C15H23N3O4S. The third kappa shape index (κ3) is 3.42. The van der Waals surface area contributed by atoms with Crippen LogP contribution in [0.4, 0.5) is 0 Å². The van der Waals surface area contributed by atoms with Crippen LogP contribution < -0.4 is 0 Å². The Labute approximate surface area is 136 Å². The summed E-state index contributed by atoms with van der Waals surface area (Å²) in [5, 5.41) is 4.21. The highest BCUT2D eigenvalue weighted by Crippen LogP contribution is 2.30. The zero-order valence-corrected chi connectivity index (χ0v) is 14.3.